The van der Waals surface area contributed by atoms with E-state index in [1.54, 1.807) is 0 Å². The van der Waals surface area contributed by atoms with Crippen LogP contribution in [0, 0.1) is 6.92 Å². The molecule has 0 aliphatic rings. The summed E-state index contributed by atoms with van der Waals surface area (Å²) in [5.41, 5.74) is 2.39. The molecule has 0 saturated carbocycles. The van der Waals surface area contributed by atoms with Crippen LogP contribution in [0.25, 0.3) is 0 Å². The smallest absolute Gasteiger partial charge is 0.0375 e. The number of aromatic nitrogens is 1. The average molecular weight is 164 g/mol. The molecule has 0 aliphatic carbocycles. The fourth-order valence-electron chi connectivity index (χ4n) is 1.26. The Balaban J connectivity index is 2.73. The van der Waals surface area contributed by atoms with Gasteiger partial charge in [0.2, 0.25) is 0 Å². The van der Waals surface area contributed by atoms with Crippen molar-refractivity contribution >= 4 is 0 Å². The Morgan fingerprint density at radius 2 is 2.33 bits per heavy atom. The Morgan fingerprint density at radius 3 is 2.92 bits per heavy atom. The zero-order valence-electron chi connectivity index (χ0n) is 7.96. The average Bonchev–Trinajstić information content (AvgIpc) is 2.05. The molecule has 2 heteroatoms. The second-order valence-electron chi connectivity index (χ2n) is 3.01. The van der Waals surface area contributed by atoms with E-state index in [0.29, 0.717) is 6.04 Å². The Labute approximate surface area is 74.0 Å². The van der Waals surface area contributed by atoms with E-state index >= 15 is 0 Å². The topological polar surface area (TPSA) is 24.9 Å². The van der Waals surface area contributed by atoms with Gasteiger partial charge in [-0.05, 0) is 38.1 Å². The molecule has 1 heterocycles. The number of rotatable bonds is 3. The van der Waals surface area contributed by atoms with Crippen LogP contribution in [0.1, 0.15) is 31.1 Å². The minimum Gasteiger partial charge on any atom is -0.310 e. The predicted molar refractivity (Wildman–Crippen MR) is 51.1 cm³/mol. The first kappa shape index (κ1) is 9.20. The maximum atomic E-state index is 4.15. The molecule has 66 valence electrons. The molecule has 0 amide bonds. The van der Waals surface area contributed by atoms with Crippen LogP contribution in [0.5, 0.6) is 0 Å². The van der Waals surface area contributed by atoms with Gasteiger partial charge >= 0.3 is 0 Å². The van der Waals surface area contributed by atoms with Gasteiger partial charge in [0.05, 0.1) is 0 Å². The van der Waals surface area contributed by atoms with Gasteiger partial charge in [-0.1, -0.05) is 6.92 Å². The molecule has 0 aliphatic heterocycles. The first-order valence-electron chi connectivity index (χ1n) is 4.40. The van der Waals surface area contributed by atoms with Crippen molar-refractivity contribution in [3.63, 3.8) is 0 Å². The van der Waals surface area contributed by atoms with Crippen LogP contribution in [0.4, 0.5) is 0 Å². The largest absolute Gasteiger partial charge is 0.310 e. The molecule has 1 aromatic rings. The summed E-state index contributed by atoms with van der Waals surface area (Å²) in [7, 11) is 0. The lowest BCUT2D eigenvalue weighted by molar-refractivity contribution is 0.597. The summed E-state index contributed by atoms with van der Waals surface area (Å²) in [5.74, 6) is 0. The number of nitrogens with one attached hydrogen (secondary N) is 1. The number of hydrogen-bond donors (Lipinski definition) is 1. The van der Waals surface area contributed by atoms with E-state index in [4.69, 9.17) is 0 Å². The van der Waals surface area contributed by atoms with E-state index < -0.39 is 0 Å². The second kappa shape index (κ2) is 4.21. The van der Waals surface area contributed by atoms with E-state index in [1.807, 2.05) is 13.1 Å². The van der Waals surface area contributed by atoms with Crippen molar-refractivity contribution in [1.82, 2.24) is 10.3 Å². The van der Waals surface area contributed by atoms with Crippen LogP contribution >= 0.6 is 0 Å². The molecule has 1 unspecified atom stereocenters. The summed E-state index contributed by atoms with van der Waals surface area (Å²) in [6.07, 6.45) is 1.86. The molecule has 1 rings (SSSR count). The molecular formula is C10H16N2. The maximum Gasteiger partial charge on any atom is 0.0375 e. The van der Waals surface area contributed by atoms with Crippen LogP contribution in [-0.2, 0) is 0 Å². The molecule has 0 bridgehead atoms. The SMILES string of the molecule is CCNC(C)c1ccnc(C)c1. The summed E-state index contributed by atoms with van der Waals surface area (Å²) in [5, 5.41) is 3.36. The van der Waals surface area contributed by atoms with Gasteiger partial charge in [0.25, 0.3) is 0 Å². The van der Waals surface area contributed by atoms with E-state index in [2.05, 4.69) is 36.3 Å². The van der Waals surface area contributed by atoms with Crippen LogP contribution in [0.3, 0.4) is 0 Å². The van der Waals surface area contributed by atoms with Crippen LogP contribution in [0.15, 0.2) is 18.3 Å². The molecule has 12 heavy (non-hydrogen) atoms. The zero-order valence-corrected chi connectivity index (χ0v) is 7.96. The minimum absolute atomic E-state index is 0.427. The van der Waals surface area contributed by atoms with Crippen molar-refractivity contribution in [2.75, 3.05) is 6.54 Å². The number of aryl methyl sites for hydroxylation is 1. The number of hydrogen-bond acceptors (Lipinski definition) is 2. The standard InChI is InChI=1S/C10H16N2/c1-4-11-9(3)10-5-6-12-8(2)7-10/h5-7,9,11H,4H2,1-3H3. The van der Waals surface area contributed by atoms with Crippen LogP contribution in [-0.4, -0.2) is 11.5 Å². The Bertz CT molecular complexity index is 245. The van der Waals surface area contributed by atoms with Crippen molar-refractivity contribution in [3.8, 4) is 0 Å². The molecule has 1 atom stereocenters. The van der Waals surface area contributed by atoms with Crippen molar-refractivity contribution in [1.29, 1.82) is 0 Å². The molecule has 1 N–H and O–H groups in total. The Hall–Kier alpha value is -0.890. The lowest BCUT2D eigenvalue weighted by atomic mass is 10.1. The summed E-state index contributed by atoms with van der Waals surface area (Å²) < 4.78 is 0. The zero-order chi connectivity index (χ0) is 8.97. The normalized spacial score (nSPS) is 12.9. The van der Waals surface area contributed by atoms with Crippen molar-refractivity contribution in [2.45, 2.75) is 26.8 Å². The quantitative estimate of drug-likeness (QED) is 0.739. The van der Waals surface area contributed by atoms with Gasteiger partial charge in [0, 0.05) is 17.9 Å². The van der Waals surface area contributed by atoms with Crippen molar-refractivity contribution in [3.05, 3.63) is 29.6 Å². The Kier molecular flexibility index (Phi) is 3.23. The molecule has 0 spiro atoms. The summed E-state index contributed by atoms with van der Waals surface area (Å²) in [6, 6.07) is 4.60. The molecular weight excluding hydrogens is 148 g/mol. The minimum atomic E-state index is 0.427. The lowest BCUT2D eigenvalue weighted by Crippen LogP contribution is -2.17. The van der Waals surface area contributed by atoms with Gasteiger partial charge in [0.1, 0.15) is 0 Å². The monoisotopic (exact) mass is 164 g/mol. The summed E-state index contributed by atoms with van der Waals surface area (Å²) >= 11 is 0. The predicted octanol–water partition coefficient (Wildman–Crippen LogP) is 2.06. The highest BCUT2D eigenvalue weighted by atomic mass is 14.9. The first-order chi connectivity index (χ1) is 5.74. The molecule has 0 fully saturated rings. The van der Waals surface area contributed by atoms with E-state index in [9.17, 15) is 0 Å². The van der Waals surface area contributed by atoms with E-state index in [1.165, 1.54) is 5.56 Å². The number of pyridine rings is 1. The van der Waals surface area contributed by atoms with Gasteiger partial charge in [-0.3, -0.25) is 4.98 Å². The molecule has 0 radical (unpaired) electrons. The lowest BCUT2D eigenvalue weighted by Gasteiger charge is -2.12. The van der Waals surface area contributed by atoms with Gasteiger partial charge in [-0.15, -0.1) is 0 Å². The van der Waals surface area contributed by atoms with Gasteiger partial charge < -0.3 is 5.32 Å². The fourth-order valence-corrected chi connectivity index (χ4v) is 1.26. The highest BCUT2D eigenvalue weighted by Crippen LogP contribution is 2.11. The van der Waals surface area contributed by atoms with Crippen molar-refractivity contribution < 1.29 is 0 Å². The van der Waals surface area contributed by atoms with Gasteiger partial charge in [-0.25, -0.2) is 0 Å². The maximum absolute atomic E-state index is 4.15. The number of nitrogens with zero attached hydrogens (tertiary/aromatic N) is 1. The van der Waals surface area contributed by atoms with Crippen LogP contribution < -0.4 is 5.32 Å². The van der Waals surface area contributed by atoms with Crippen LogP contribution in [0.2, 0.25) is 0 Å². The first-order valence-corrected chi connectivity index (χ1v) is 4.40. The third-order valence-electron chi connectivity index (χ3n) is 1.93. The summed E-state index contributed by atoms with van der Waals surface area (Å²) in [6.45, 7) is 7.30. The summed E-state index contributed by atoms with van der Waals surface area (Å²) in [4.78, 5) is 4.15. The highest BCUT2D eigenvalue weighted by Gasteiger charge is 2.02. The molecule has 0 saturated heterocycles. The third kappa shape index (κ3) is 2.31. The van der Waals surface area contributed by atoms with E-state index in [0.717, 1.165) is 12.2 Å². The van der Waals surface area contributed by atoms with Gasteiger partial charge in [-0.2, -0.15) is 0 Å². The highest BCUT2D eigenvalue weighted by molar-refractivity contribution is 5.18. The van der Waals surface area contributed by atoms with Gasteiger partial charge in [0.15, 0.2) is 0 Å². The fraction of sp³-hybridized carbons (Fsp3) is 0.500. The second-order valence-corrected chi connectivity index (χ2v) is 3.01. The third-order valence-corrected chi connectivity index (χ3v) is 1.93. The molecule has 1 aromatic heterocycles. The van der Waals surface area contributed by atoms with Crippen molar-refractivity contribution in [2.24, 2.45) is 0 Å². The molecule has 2 nitrogen and oxygen atoms in total. The molecule has 0 aromatic carbocycles. The Morgan fingerprint density at radius 1 is 1.58 bits per heavy atom. The van der Waals surface area contributed by atoms with E-state index in [-0.39, 0.29) is 0 Å².